The molecule has 25 heavy (non-hydrogen) atoms. The number of rotatable bonds is 5. The van der Waals surface area contributed by atoms with Crippen LogP contribution in [0.25, 0.3) is 0 Å². The number of hydrogen-bond donors (Lipinski definition) is 3. The normalized spacial score (nSPS) is 11.5. The number of amides is 1. The minimum Gasteiger partial charge on any atom is -0.358 e. The SMILES string of the molecule is N#C/C(=C/Nc1ccccc1F)C(=O)Nc1ccc(S(=O)(=O)O)cc1. The van der Waals surface area contributed by atoms with E-state index in [1.807, 2.05) is 0 Å². The highest BCUT2D eigenvalue weighted by Crippen LogP contribution is 2.15. The number of carbonyl (C=O) groups excluding carboxylic acids is 1. The molecule has 0 bridgehead atoms. The molecule has 2 rings (SSSR count). The second kappa shape index (κ2) is 7.57. The van der Waals surface area contributed by atoms with Crippen molar-refractivity contribution in [3.63, 3.8) is 0 Å². The number of hydrogen-bond acceptors (Lipinski definition) is 5. The molecule has 0 spiro atoms. The van der Waals surface area contributed by atoms with E-state index in [2.05, 4.69) is 10.6 Å². The fourth-order valence-corrected chi connectivity index (χ4v) is 2.27. The number of para-hydroxylation sites is 1. The van der Waals surface area contributed by atoms with Gasteiger partial charge in [0.1, 0.15) is 17.5 Å². The highest BCUT2D eigenvalue weighted by atomic mass is 32.2. The lowest BCUT2D eigenvalue weighted by Gasteiger charge is -2.06. The molecule has 0 saturated heterocycles. The lowest BCUT2D eigenvalue weighted by atomic mass is 10.2. The van der Waals surface area contributed by atoms with Crippen LogP contribution in [-0.4, -0.2) is 18.9 Å². The average molecular weight is 361 g/mol. The molecule has 0 heterocycles. The van der Waals surface area contributed by atoms with Crippen molar-refractivity contribution in [2.24, 2.45) is 0 Å². The Kier molecular flexibility index (Phi) is 5.49. The van der Waals surface area contributed by atoms with E-state index in [0.717, 1.165) is 18.3 Å². The van der Waals surface area contributed by atoms with Gasteiger partial charge in [-0.15, -0.1) is 0 Å². The van der Waals surface area contributed by atoms with E-state index < -0.39 is 21.8 Å². The predicted molar refractivity (Wildman–Crippen MR) is 88.6 cm³/mol. The van der Waals surface area contributed by atoms with Gasteiger partial charge in [-0.05, 0) is 36.4 Å². The van der Waals surface area contributed by atoms with Crippen LogP contribution >= 0.6 is 0 Å². The molecule has 0 aliphatic rings. The van der Waals surface area contributed by atoms with Crippen LogP contribution in [0.4, 0.5) is 15.8 Å². The van der Waals surface area contributed by atoms with Crippen LogP contribution in [-0.2, 0) is 14.9 Å². The molecule has 0 aliphatic heterocycles. The molecule has 3 N–H and O–H groups in total. The van der Waals surface area contributed by atoms with E-state index >= 15 is 0 Å². The Morgan fingerprint density at radius 1 is 1.16 bits per heavy atom. The lowest BCUT2D eigenvalue weighted by molar-refractivity contribution is -0.112. The summed E-state index contributed by atoms with van der Waals surface area (Å²) in [6, 6.07) is 12.1. The number of halogens is 1. The summed E-state index contributed by atoms with van der Waals surface area (Å²) in [7, 11) is -4.33. The van der Waals surface area contributed by atoms with Gasteiger partial charge >= 0.3 is 0 Å². The summed E-state index contributed by atoms with van der Waals surface area (Å²) in [5.41, 5.74) is -0.00731. The summed E-state index contributed by atoms with van der Waals surface area (Å²) >= 11 is 0. The zero-order valence-electron chi connectivity index (χ0n) is 12.6. The molecule has 2 aromatic rings. The molecule has 0 fully saturated rings. The lowest BCUT2D eigenvalue weighted by Crippen LogP contribution is -2.14. The molecule has 9 heteroatoms. The molecule has 0 atom stereocenters. The van der Waals surface area contributed by atoms with Crippen LogP contribution in [0.2, 0.25) is 0 Å². The average Bonchev–Trinajstić information content (AvgIpc) is 2.56. The Hall–Kier alpha value is -3.22. The van der Waals surface area contributed by atoms with Gasteiger partial charge in [-0.25, -0.2) is 4.39 Å². The molecule has 0 aliphatic carbocycles. The second-order valence-corrected chi connectivity index (χ2v) is 6.17. The number of nitrogens with zero attached hydrogens (tertiary/aromatic N) is 1. The maximum Gasteiger partial charge on any atom is 0.294 e. The number of carbonyl (C=O) groups is 1. The molecule has 0 aromatic heterocycles. The van der Waals surface area contributed by atoms with Gasteiger partial charge in [-0.3, -0.25) is 9.35 Å². The molecule has 7 nitrogen and oxygen atoms in total. The van der Waals surface area contributed by atoms with Gasteiger partial charge < -0.3 is 10.6 Å². The largest absolute Gasteiger partial charge is 0.358 e. The second-order valence-electron chi connectivity index (χ2n) is 4.75. The third-order valence-corrected chi connectivity index (χ3v) is 3.89. The summed E-state index contributed by atoms with van der Waals surface area (Å²) in [5.74, 6) is -1.32. The van der Waals surface area contributed by atoms with Gasteiger partial charge in [-0.2, -0.15) is 13.7 Å². The van der Waals surface area contributed by atoms with E-state index in [1.165, 1.54) is 30.3 Å². The van der Waals surface area contributed by atoms with Crippen LogP contribution in [0.5, 0.6) is 0 Å². The summed E-state index contributed by atoms with van der Waals surface area (Å²) in [6.45, 7) is 0. The standard InChI is InChI=1S/C16H12FN3O4S/c17-14-3-1-2-4-15(14)19-10-11(9-18)16(21)20-12-5-7-13(8-6-12)25(22,23)24/h1-8,10,19H,(H,20,21)(H,22,23,24)/b11-10-. The Balaban J connectivity index is 2.11. The zero-order chi connectivity index (χ0) is 18.4. The minimum atomic E-state index is -4.33. The number of nitrogens with one attached hydrogen (secondary N) is 2. The van der Waals surface area contributed by atoms with E-state index in [1.54, 1.807) is 12.1 Å². The number of benzene rings is 2. The summed E-state index contributed by atoms with van der Waals surface area (Å²) < 4.78 is 44.3. The first kappa shape index (κ1) is 18.1. The molecular formula is C16H12FN3O4S. The van der Waals surface area contributed by atoms with Crippen LogP contribution < -0.4 is 10.6 Å². The third kappa shape index (κ3) is 4.87. The van der Waals surface area contributed by atoms with Gasteiger partial charge in [0.15, 0.2) is 0 Å². The monoisotopic (exact) mass is 361 g/mol. The van der Waals surface area contributed by atoms with Crippen molar-refractivity contribution < 1.29 is 22.2 Å². The first-order valence-electron chi connectivity index (χ1n) is 6.81. The third-order valence-electron chi connectivity index (χ3n) is 3.02. The Morgan fingerprint density at radius 2 is 1.80 bits per heavy atom. The molecule has 0 radical (unpaired) electrons. The molecule has 0 saturated carbocycles. The van der Waals surface area contributed by atoms with Crippen LogP contribution in [0.15, 0.2) is 65.2 Å². The molecule has 128 valence electrons. The van der Waals surface area contributed by atoms with Crippen molar-refractivity contribution >= 4 is 27.4 Å². The fraction of sp³-hybridized carbons (Fsp3) is 0. The van der Waals surface area contributed by atoms with Crippen molar-refractivity contribution in [1.29, 1.82) is 5.26 Å². The maximum atomic E-state index is 13.5. The van der Waals surface area contributed by atoms with Crippen molar-refractivity contribution in [3.8, 4) is 6.07 Å². The Morgan fingerprint density at radius 3 is 2.36 bits per heavy atom. The maximum absolute atomic E-state index is 13.5. The van der Waals surface area contributed by atoms with E-state index in [0.29, 0.717) is 0 Å². The molecule has 1 amide bonds. The molecular weight excluding hydrogens is 349 g/mol. The number of nitriles is 1. The van der Waals surface area contributed by atoms with Gasteiger partial charge in [0.25, 0.3) is 16.0 Å². The van der Waals surface area contributed by atoms with Crippen molar-refractivity contribution in [3.05, 3.63) is 66.1 Å². The van der Waals surface area contributed by atoms with E-state index in [9.17, 15) is 17.6 Å². The summed E-state index contributed by atoms with van der Waals surface area (Å²) in [6.07, 6.45) is 1.06. The topological polar surface area (TPSA) is 119 Å². The summed E-state index contributed by atoms with van der Waals surface area (Å²) in [5, 5.41) is 14.0. The van der Waals surface area contributed by atoms with Crippen molar-refractivity contribution in [2.45, 2.75) is 4.90 Å². The van der Waals surface area contributed by atoms with Gasteiger partial charge in [0.05, 0.1) is 10.6 Å². The smallest absolute Gasteiger partial charge is 0.294 e. The van der Waals surface area contributed by atoms with Crippen LogP contribution in [0.1, 0.15) is 0 Å². The van der Waals surface area contributed by atoms with E-state index in [4.69, 9.17) is 9.81 Å². The zero-order valence-corrected chi connectivity index (χ0v) is 13.4. The molecule has 2 aromatic carbocycles. The predicted octanol–water partition coefficient (Wildman–Crippen LogP) is 2.53. The highest BCUT2D eigenvalue weighted by Gasteiger charge is 2.12. The number of anilines is 2. The first-order chi connectivity index (χ1) is 11.8. The molecule has 0 unspecified atom stereocenters. The van der Waals surface area contributed by atoms with E-state index in [-0.39, 0.29) is 21.8 Å². The minimum absolute atomic E-state index is 0.0977. The van der Waals surface area contributed by atoms with Gasteiger partial charge in [0.2, 0.25) is 0 Å². The highest BCUT2D eigenvalue weighted by molar-refractivity contribution is 7.85. The Labute approximate surface area is 143 Å². The fourth-order valence-electron chi connectivity index (χ4n) is 1.79. The van der Waals surface area contributed by atoms with Gasteiger partial charge in [-0.1, -0.05) is 12.1 Å². The van der Waals surface area contributed by atoms with Crippen molar-refractivity contribution in [2.75, 3.05) is 10.6 Å². The Bertz CT molecular complexity index is 964. The quantitative estimate of drug-likeness (QED) is 0.428. The first-order valence-corrected chi connectivity index (χ1v) is 8.25. The summed E-state index contributed by atoms with van der Waals surface area (Å²) in [4.78, 5) is 11.7. The van der Waals surface area contributed by atoms with Crippen molar-refractivity contribution in [1.82, 2.24) is 0 Å². The van der Waals surface area contributed by atoms with Crippen LogP contribution in [0, 0.1) is 17.1 Å². The van der Waals surface area contributed by atoms with Crippen LogP contribution in [0.3, 0.4) is 0 Å². The van der Waals surface area contributed by atoms with Gasteiger partial charge in [0, 0.05) is 11.9 Å².